The normalized spacial score (nSPS) is 17.9. The Bertz CT molecular complexity index is 450. The van der Waals surface area contributed by atoms with Crippen molar-refractivity contribution in [2.45, 2.75) is 31.6 Å². The predicted molar refractivity (Wildman–Crippen MR) is 63.7 cm³/mol. The number of aryl methyl sites for hydroxylation is 1. The second-order valence-electron chi connectivity index (χ2n) is 4.33. The quantitative estimate of drug-likeness (QED) is 0.878. The van der Waals surface area contributed by atoms with E-state index >= 15 is 0 Å². The first-order valence-corrected chi connectivity index (χ1v) is 6.00. The van der Waals surface area contributed by atoms with Crippen LogP contribution in [0.1, 0.15) is 30.4 Å². The molecule has 0 heterocycles. The van der Waals surface area contributed by atoms with E-state index in [4.69, 9.17) is 0 Å². The molecule has 0 atom stereocenters. The molecule has 2 rings (SSSR count). The van der Waals surface area contributed by atoms with Gasteiger partial charge in [-0.1, -0.05) is 18.6 Å². The number of phenolic OH excluding ortho intramolecular Hbond substituents is 1. The van der Waals surface area contributed by atoms with Crippen LogP contribution in [-0.4, -0.2) is 16.2 Å². The fraction of sp³-hybridized carbons (Fsp3) is 0.417. The van der Waals surface area contributed by atoms with Crippen molar-refractivity contribution in [2.24, 2.45) is 0 Å². The van der Waals surface area contributed by atoms with Crippen molar-refractivity contribution in [3.63, 3.8) is 0 Å². The molecule has 0 saturated heterocycles. The van der Waals surface area contributed by atoms with Crippen LogP contribution in [-0.2, 0) is 10.2 Å². The minimum Gasteiger partial charge on any atom is -0.506 e. The fourth-order valence-electron chi connectivity index (χ4n) is 2.18. The van der Waals surface area contributed by atoms with Crippen LogP contribution in [0.2, 0.25) is 0 Å². The Morgan fingerprint density at radius 2 is 2.06 bits per heavy atom. The highest BCUT2D eigenvalue weighted by Gasteiger charge is 2.47. The van der Waals surface area contributed by atoms with E-state index in [0.717, 1.165) is 12.0 Å². The van der Waals surface area contributed by atoms with Crippen LogP contribution in [0.5, 0.6) is 5.75 Å². The van der Waals surface area contributed by atoms with Crippen molar-refractivity contribution in [1.29, 1.82) is 0 Å². The molecule has 2 N–H and O–H groups in total. The smallest absolute Gasteiger partial charge is 0.314 e. The van der Waals surface area contributed by atoms with Gasteiger partial charge in [0.2, 0.25) is 0 Å². The van der Waals surface area contributed by atoms with Crippen LogP contribution < -0.4 is 0 Å². The molecule has 1 aliphatic carbocycles. The molecule has 0 aliphatic heterocycles. The summed E-state index contributed by atoms with van der Waals surface area (Å²) in [4.78, 5) is 11.3. The van der Waals surface area contributed by atoms with Gasteiger partial charge < -0.3 is 10.2 Å². The summed E-state index contributed by atoms with van der Waals surface area (Å²) in [6.45, 7) is 1.86. The zero-order chi connectivity index (χ0) is 11.9. The zero-order valence-electron chi connectivity index (χ0n) is 8.96. The first kappa shape index (κ1) is 11.5. The molecule has 3 nitrogen and oxygen atoms in total. The number of benzene rings is 1. The van der Waals surface area contributed by atoms with Gasteiger partial charge in [0.05, 0.1) is 9.89 Å². The minimum atomic E-state index is -0.875. The number of carboxylic acids is 1. The highest BCUT2D eigenvalue weighted by molar-refractivity contribution is 9.10. The molecule has 0 bridgehead atoms. The van der Waals surface area contributed by atoms with E-state index < -0.39 is 11.4 Å². The van der Waals surface area contributed by atoms with Crippen LogP contribution in [0.25, 0.3) is 0 Å². The molecule has 0 amide bonds. The van der Waals surface area contributed by atoms with E-state index in [1.807, 2.05) is 13.0 Å². The van der Waals surface area contributed by atoms with Crippen molar-refractivity contribution in [2.75, 3.05) is 0 Å². The summed E-state index contributed by atoms with van der Waals surface area (Å²) in [7, 11) is 0. The Hall–Kier alpha value is -1.03. The molecule has 1 aromatic carbocycles. The highest BCUT2D eigenvalue weighted by Crippen LogP contribution is 2.49. The first-order valence-electron chi connectivity index (χ1n) is 5.21. The zero-order valence-corrected chi connectivity index (χ0v) is 10.5. The topological polar surface area (TPSA) is 57.5 Å². The number of aliphatic carboxylic acids is 1. The summed E-state index contributed by atoms with van der Waals surface area (Å²) in [5.41, 5.74) is 0.560. The van der Waals surface area contributed by atoms with Gasteiger partial charge in [-0.3, -0.25) is 4.79 Å². The van der Waals surface area contributed by atoms with E-state index in [1.54, 1.807) is 6.07 Å². The van der Waals surface area contributed by atoms with Crippen LogP contribution >= 0.6 is 15.9 Å². The molecule has 0 aromatic heterocycles. The van der Waals surface area contributed by atoms with Gasteiger partial charge in [0, 0.05) is 5.56 Å². The van der Waals surface area contributed by atoms with E-state index in [-0.39, 0.29) is 5.75 Å². The molecule has 0 unspecified atom stereocenters. The maximum Gasteiger partial charge on any atom is 0.314 e. The third kappa shape index (κ3) is 1.44. The van der Waals surface area contributed by atoms with Crippen molar-refractivity contribution in [1.82, 2.24) is 0 Å². The van der Waals surface area contributed by atoms with Gasteiger partial charge in [0.15, 0.2) is 0 Å². The van der Waals surface area contributed by atoms with Gasteiger partial charge in [-0.2, -0.15) is 0 Å². The predicted octanol–water partition coefficient (Wildman–Crippen LogP) is 2.97. The van der Waals surface area contributed by atoms with Gasteiger partial charge >= 0.3 is 5.97 Å². The molecule has 16 heavy (non-hydrogen) atoms. The maximum absolute atomic E-state index is 11.3. The fourth-order valence-corrected chi connectivity index (χ4v) is 2.53. The maximum atomic E-state index is 11.3. The summed E-state index contributed by atoms with van der Waals surface area (Å²) in [5.74, 6) is -0.771. The SMILES string of the molecule is Cc1ccc(C2(C(=O)O)CCC2)c(O)c1Br. The summed E-state index contributed by atoms with van der Waals surface area (Å²) in [6, 6.07) is 3.56. The average Bonchev–Trinajstić information content (AvgIpc) is 2.16. The molecule has 1 fully saturated rings. The molecule has 0 spiro atoms. The van der Waals surface area contributed by atoms with Crippen molar-refractivity contribution in [3.8, 4) is 5.75 Å². The van der Waals surface area contributed by atoms with Gasteiger partial charge in [-0.25, -0.2) is 0 Å². The molecule has 1 aromatic rings. The summed E-state index contributed by atoms with van der Waals surface area (Å²) in [6.07, 6.45) is 2.11. The van der Waals surface area contributed by atoms with Crippen LogP contribution in [0.3, 0.4) is 0 Å². The van der Waals surface area contributed by atoms with Crippen LogP contribution in [0.4, 0.5) is 0 Å². The Balaban J connectivity index is 2.56. The molecule has 86 valence electrons. The summed E-state index contributed by atoms with van der Waals surface area (Å²) in [5, 5.41) is 19.3. The lowest BCUT2D eigenvalue weighted by Gasteiger charge is -2.38. The lowest BCUT2D eigenvalue weighted by molar-refractivity contribution is -0.147. The third-order valence-corrected chi connectivity index (χ3v) is 4.44. The van der Waals surface area contributed by atoms with E-state index in [0.29, 0.717) is 22.9 Å². The summed E-state index contributed by atoms with van der Waals surface area (Å²) < 4.78 is 0.595. The van der Waals surface area contributed by atoms with Crippen molar-refractivity contribution >= 4 is 21.9 Å². The molecule has 0 radical (unpaired) electrons. The minimum absolute atomic E-state index is 0.0714. The van der Waals surface area contributed by atoms with Gasteiger partial charge in [-0.05, 0) is 41.3 Å². The molecule has 4 heteroatoms. The molecular weight excluding hydrogens is 272 g/mol. The molecular formula is C12H13BrO3. The highest BCUT2D eigenvalue weighted by atomic mass is 79.9. The second kappa shape index (κ2) is 3.77. The third-order valence-electron chi connectivity index (χ3n) is 3.44. The number of rotatable bonds is 2. The summed E-state index contributed by atoms with van der Waals surface area (Å²) >= 11 is 3.28. The molecule has 1 saturated carbocycles. The second-order valence-corrected chi connectivity index (χ2v) is 5.13. The standard InChI is InChI=1S/C12H13BrO3/c1-7-3-4-8(10(14)9(7)13)12(11(15)16)5-2-6-12/h3-4,14H,2,5-6H2,1H3,(H,15,16). The van der Waals surface area contributed by atoms with Gasteiger partial charge in [-0.15, -0.1) is 0 Å². The van der Waals surface area contributed by atoms with E-state index in [1.165, 1.54) is 0 Å². The molecule has 1 aliphatic rings. The number of hydrogen-bond acceptors (Lipinski definition) is 2. The van der Waals surface area contributed by atoms with Gasteiger partial charge in [0.25, 0.3) is 0 Å². The van der Waals surface area contributed by atoms with Gasteiger partial charge in [0.1, 0.15) is 5.75 Å². The number of carboxylic acid groups (broad SMARTS) is 1. The Kier molecular flexibility index (Phi) is 2.70. The Labute approximate surface area is 102 Å². The van der Waals surface area contributed by atoms with E-state index in [9.17, 15) is 15.0 Å². The Morgan fingerprint density at radius 1 is 1.44 bits per heavy atom. The Morgan fingerprint density at radius 3 is 2.50 bits per heavy atom. The number of phenols is 1. The lowest BCUT2D eigenvalue weighted by atomic mass is 9.64. The number of carbonyl (C=O) groups is 1. The van der Waals surface area contributed by atoms with Crippen LogP contribution in [0, 0.1) is 6.92 Å². The number of halogens is 1. The van der Waals surface area contributed by atoms with E-state index in [2.05, 4.69) is 15.9 Å². The average molecular weight is 285 g/mol. The first-order chi connectivity index (χ1) is 7.49. The number of aromatic hydroxyl groups is 1. The van der Waals surface area contributed by atoms with Crippen molar-refractivity contribution < 1.29 is 15.0 Å². The van der Waals surface area contributed by atoms with Crippen molar-refractivity contribution in [3.05, 3.63) is 27.7 Å². The van der Waals surface area contributed by atoms with Crippen LogP contribution in [0.15, 0.2) is 16.6 Å². The lowest BCUT2D eigenvalue weighted by Crippen LogP contribution is -2.42. The largest absolute Gasteiger partial charge is 0.506 e. The monoisotopic (exact) mass is 284 g/mol. The number of hydrogen-bond donors (Lipinski definition) is 2.